The average Bonchev–Trinajstić information content (AvgIpc) is 3.48. The summed E-state index contributed by atoms with van der Waals surface area (Å²) in [6.45, 7) is 0.635. The Kier molecular flexibility index (Phi) is 10.0. The summed E-state index contributed by atoms with van der Waals surface area (Å²) in [5, 5.41) is 3.12. The van der Waals surface area contributed by atoms with Crippen LogP contribution in [0.4, 0.5) is 24.4 Å². The zero-order chi connectivity index (χ0) is 31.8. The molecule has 0 bridgehead atoms. The molecule has 2 heterocycles. The number of nitrogens with one attached hydrogen (secondary N) is 2. The molecule has 0 radical (unpaired) electrons. The van der Waals surface area contributed by atoms with Crippen molar-refractivity contribution < 1.29 is 22.0 Å². The predicted octanol–water partition coefficient (Wildman–Crippen LogP) is 5.94. The fourth-order valence-corrected chi connectivity index (χ4v) is 5.83. The molecule has 14 heteroatoms. The molecule has 0 atom stereocenters. The molecule has 0 aliphatic rings. The van der Waals surface area contributed by atoms with Crippen LogP contribution in [0.2, 0.25) is 0 Å². The van der Waals surface area contributed by atoms with Crippen LogP contribution in [-0.2, 0) is 16.4 Å². The minimum atomic E-state index is -3.41. The third-order valence-corrected chi connectivity index (χ3v) is 8.10. The lowest BCUT2D eigenvalue weighted by molar-refractivity contribution is 0.210. The van der Waals surface area contributed by atoms with Gasteiger partial charge in [-0.15, -0.1) is 0 Å². The maximum atomic E-state index is 13.7. The second kappa shape index (κ2) is 14.3. The normalized spacial score (nSPS) is 11.4. The number of sulfonamides is 1. The van der Waals surface area contributed by atoms with Gasteiger partial charge in [0.25, 0.3) is 0 Å². The molecule has 0 aliphatic carbocycles. The third kappa shape index (κ3) is 9.09. The zero-order valence-corrected chi connectivity index (χ0v) is 25.7. The summed E-state index contributed by atoms with van der Waals surface area (Å²) in [6, 6.07) is 18.5. The van der Waals surface area contributed by atoms with Gasteiger partial charge in [0.05, 0.1) is 11.9 Å². The number of carbonyl (C=O) groups excluding carboxylic acids is 1. The molecular formula is C31H29F2N7O3S2. The highest BCUT2D eigenvalue weighted by molar-refractivity contribution is 7.92. The van der Waals surface area contributed by atoms with E-state index in [-0.39, 0.29) is 22.7 Å². The highest BCUT2D eigenvalue weighted by atomic mass is 32.2. The van der Waals surface area contributed by atoms with Crippen LogP contribution in [0.25, 0.3) is 11.4 Å². The van der Waals surface area contributed by atoms with Crippen molar-refractivity contribution in [3.8, 4) is 11.4 Å². The van der Waals surface area contributed by atoms with E-state index in [1.807, 2.05) is 0 Å². The number of rotatable bonds is 12. The van der Waals surface area contributed by atoms with Gasteiger partial charge in [-0.2, -0.15) is 9.36 Å². The molecule has 2 aromatic heterocycles. The SMILES string of the molecule is CS(=O)(=O)Nc1ccc(-c2nsc(NC(=O)N(CCc3cnccn3)CCC(c3ccc(F)cc3)c3ccc(F)cc3)n2)cc1. The Morgan fingerprint density at radius 2 is 1.56 bits per heavy atom. The van der Waals surface area contributed by atoms with Crippen LogP contribution in [0.5, 0.6) is 0 Å². The second-order valence-corrected chi connectivity index (χ2v) is 12.7. The minimum Gasteiger partial charge on any atom is -0.324 e. The standard InChI is InChI=1S/C31H29F2N7O3S2/c1-45(42,43)39-26-12-6-23(7-13-26)29-36-30(44-38-29)37-31(41)40(18-14-27-20-34-16-17-35-27)19-15-28(21-2-8-24(32)9-3-21)22-4-10-25(33)11-5-22/h2-13,16-17,20,28,39H,14-15,18-19H2,1H3,(H,36,37,38,41). The first-order valence-electron chi connectivity index (χ1n) is 13.9. The summed E-state index contributed by atoms with van der Waals surface area (Å²) in [5.41, 5.74) is 3.44. The second-order valence-electron chi connectivity index (χ2n) is 10.2. The number of aromatic nitrogens is 4. The van der Waals surface area contributed by atoms with Crippen molar-refractivity contribution in [3.63, 3.8) is 0 Å². The maximum Gasteiger partial charge on any atom is 0.323 e. The summed E-state index contributed by atoms with van der Waals surface area (Å²) in [7, 11) is -3.41. The van der Waals surface area contributed by atoms with E-state index >= 15 is 0 Å². The summed E-state index contributed by atoms with van der Waals surface area (Å²) < 4.78 is 57.2. The highest BCUT2D eigenvalue weighted by Gasteiger charge is 2.21. The molecule has 2 amide bonds. The highest BCUT2D eigenvalue weighted by Crippen LogP contribution is 2.29. The van der Waals surface area contributed by atoms with Crippen LogP contribution in [0.3, 0.4) is 0 Å². The van der Waals surface area contributed by atoms with E-state index in [1.54, 1.807) is 72.0 Å². The summed E-state index contributed by atoms with van der Waals surface area (Å²) in [5.74, 6) is -0.578. The summed E-state index contributed by atoms with van der Waals surface area (Å²) >= 11 is 1.02. The van der Waals surface area contributed by atoms with Crippen LogP contribution in [0.15, 0.2) is 91.4 Å². The van der Waals surface area contributed by atoms with E-state index in [0.29, 0.717) is 43.0 Å². The molecule has 45 heavy (non-hydrogen) atoms. The first-order valence-corrected chi connectivity index (χ1v) is 16.5. The molecule has 0 unspecified atom stereocenters. The molecule has 5 rings (SSSR count). The van der Waals surface area contributed by atoms with Gasteiger partial charge in [-0.05, 0) is 66.1 Å². The number of urea groups is 1. The van der Waals surface area contributed by atoms with E-state index < -0.39 is 16.1 Å². The van der Waals surface area contributed by atoms with Crippen LogP contribution >= 0.6 is 11.5 Å². The van der Waals surface area contributed by atoms with Crippen molar-refractivity contribution in [1.82, 2.24) is 24.2 Å². The van der Waals surface area contributed by atoms with Crippen LogP contribution in [0.1, 0.15) is 29.2 Å². The van der Waals surface area contributed by atoms with E-state index in [9.17, 15) is 22.0 Å². The molecule has 0 saturated heterocycles. The van der Waals surface area contributed by atoms with Gasteiger partial charge < -0.3 is 4.90 Å². The van der Waals surface area contributed by atoms with Gasteiger partial charge in [-0.25, -0.2) is 22.0 Å². The van der Waals surface area contributed by atoms with Crippen molar-refractivity contribution in [2.45, 2.75) is 18.8 Å². The van der Waals surface area contributed by atoms with Crippen LogP contribution in [0, 0.1) is 11.6 Å². The number of nitrogens with zero attached hydrogens (tertiary/aromatic N) is 5. The zero-order valence-electron chi connectivity index (χ0n) is 24.1. The van der Waals surface area contributed by atoms with E-state index in [1.165, 1.54) is 24.3 Å². The lowest BCUT2D eigenvalue weighted by Crippen LogP contribution is -2.38. The lowest BCUT2D eigenvalue weighted by Gasteiger charge is -2.26. The fraction of sp³-hybridized carbons (Fsp3) is 0.194. The van der Waals surface area contributed by atoms with Gasteiger partial charge >= 0.3 is 6.03 Å². The quantitative estimate of drug-likeness (QED) is 0.171. The molecule has 0 saturated carbocycles. The molecule has 0 fully saturated rings. The van der Waals surface area contributed by atoms with Gasteiger partial charge in [-0.3, -0.25) is 20.0 Å². The van der Waals surface area contributed by atoms with Gasteiger partial charge in [-0.1, -0.05) is 24.3 Å². The molecule has 232 valence electrons. The summed E-state index contributed by atoms with van der Waals surface area (Å²) in [4.78, 5) is 28.1. The number of benzene rings is 3. The largest absolute Gasteiger partial charge is 0.324 e. The number of hydrogen-bond donors (Lipinski definition) is 2. The number of anilines is 2. The Morgan fingerprint density at radius 3 is 2.13 bits per heavy atom. The molecule has 0 spiro atoms. The third-order valence-electron chi connectivity index (χ3n) is 6.86. The van der Waals surface area contributed by atoms with E-state index in [4.69, 9.17) is 0 Å². The molecule has 10 nitrogen and oxygen atoms in total. The van der Waals surface area contributed by atoms with Crippen molar-refractivity contribution in [1.29, 1.82) is 0 Å². The number of amides is 2. The topological polar surface area (TPSA) is 130 Å². The Balaban J connectivity index is 1.32. The first kappa shape index (κ1) is 31.6. The Labute approximate surface area is 263 Å². The molecule has 3 aromatic carbocycles. The minimum absolute atomic E-state index is 0.230. The predicted molar refractivity (Wildman–Crippen MR) is 169 cm³/mol. The van der Waals surface area contributed by atoms with Crippen molar-refractivity contribution >= 4 is 38.4 Å². The molecule has 5 aromatic rings. The van der Waals surface area contributed by atoms with Gasteiger partial charge in [0, 0.05) is 66.8 Å². The number of halogens is 2. The Morgan fingerprint density at radius 1 is 0.911 bits per heavy atom. The molecule has 0 aliphatic heterocycles. The summed E-state index contributed by atoms with van der Waals surface area (Å²) in [6.07, 6.45) is 6.80. The first-order chi connectivity index (χ1) is 21.6. The number of hydrogen-bond acceptors (Lipinski definition) is 8. The van der Waals surface area contributed by atoms with E-state index in [2.05, 4.69) is 29.4 Å². The average molecular weight is 650 g/mol. The number of carbonyl (C=O) groups is 1. The maximum absolute atomic E-state index is 13.7. The van der Waals surface area contributed by atoms with Gasteiger partial charge in [0.15, 0.2) is 5.82 Å². The lowest BCUT2D eigenvalue weighted by atomic mass is 9.88. The van der Waals surface area contributed by atoms with Crippen molar-refractivity contribution in [3.05, 3.63) is 120 Å². The van der Waals surface area contributed by atoms with Crippen molar-refractivity contribution in [2.24, 2.45) is 0 Å². The van der Waals surface area contributed by atoms with Crippen molar-refractivity contribution in [2.75, 3.05) is 29.4 Å². The van der Waals surface area contributed by atoms with E-state index in [0.717, 1.165) is 34.6 Å². The fourth-order valence-electron chi connectivity index (χ4n) is 4.69. The van der Waals surface area contributed by atoms with Gasteiger partial charge in [0.1, 0.15) is 11.6 Å². The molecule has 2 N–H and O–H groups in total. The Hall–Kier alpha value is -4.82. The molecular weight excluding hydrogens is 621 g/mol. The van der Waals surface area contributed by atoms with Gasteiger partial charge in [0.2, 0.25) is 15.2 Å². The van der Waals surface area contributed by atoms with Crippen LogP contribution < -0.4 is 10.0 Å². The Bertz CT molecular complexity index is 1780. The smallest absolute Gasteiger partial charge is 0.323 e. The van der Waals surface area contributed by atoms with Crippen LogP contribution in [-0.4, -0.2) is 58.0 Å². The monoisotopic (exact) mass is 649 g/mol.